The molecule has 1 aromatic carbocycles. The number of nitrogens with one attached hydrogen (secondary N) is 2. The Morgan fingerprint density at radius 3 is 2.50 bits per heavy atom. The van der Waals surface area contributed by atoms with Gasteiger partial charge in [0, 0.05) is 6.54 Å². The van der Waals surface area contributed by atoms with Crippen LogP contribution in [-0.4, -0.2) is 60.6 Å². The Morgan fingerprint density at radius 1 is 1.12 bits per heavy atom. The molecule has 32 heavy (non-hydrogen) atoms. The molecule has 9 heteroatoms. The molecule has 0 aliphatic carbocycles. The molecule has 1 saturated heterocycles. The van der Waals surface area contributed by atoms with Crippen molar-refractivity contribution >= 4 is 23.9 Å². The van der Waals surface area contributed by atoms with Crippen molar-refractivity contribution in [1.82, 2.24) is 15.5 Å². The molecule has 1 aliphatic rings. The average Bonchev–Trinajstić information content (AvgIpc) is 3.26. The van der Waals surface area contributed by atoms with E-state index in [9.17, 15) is 19.2 Å². The largest absolute Gasteiger partial charge is 0.465 e. The standard InChI is InChI=1S/C23H33N3O6/c1-4-31-20(27)14-24-21(28)18(13-16(2)3)25-22(29)19-11-8-12-26(19)23(30)32-15-17-9-6-5-7-10-17/h5-7,9-10,16,18-19H,4,8,11-15H2,1-3H3,(H,24,28)(H,25,29)/t18-,19-/m0/s1. The van der Waals surface area contributed by atoms with Gasteiger partial charge in [-0.15, -0.1) is 0 Å². The zero-order chi connectivity index (χ0) is 23.5. The van der Waals surface area contributed by atoms with Gasteiger partial charge in [0.1, 0.15) is 25.2 Å². The predicted molar refractivity (Wildman–Crippen MR) is 117 cm³/mol. The van der Waals surface area contributed by atoms with Crippen LogP contribution in [-0.2, 0) is 30.5 Å². The summed E-state index contributed by atoms with van der Waals surface area (Å²) in [5.74, 6) is -1.28. The molecule has 2 rings (SSSR count). The number of carbonyl (C=O) groups is 4. The monoisotopic (exact) mass is 447 g/mol. The van der Waals surface area contributed by atoms with Gasteiger partial charge >= 0.3 is 12.1 Å². The van der Waals surface area contributed by atoms with E-state index in [4.69, 9.17) is 9.47 Å². The maximum atomic E-state index is 12.9. The van der Waals surface area contributed by atoms with Gasteiger partial charge < -0.3 is 20.1 Å². The van der Waals surface area contributed by atoms with Crippen LogP contribution < -0.4 is 10.6 Å². The molecule has 1 fully saturated rings. The van der Waals surface area contributed by atoms with Gasteiger partial charge in [-0.2, -0.15) is 0 Å². The lowest BCUT2D eigenvalue weighted by molar-refractivity contribution is -0.143. The third-order valence-electron chi connectivity index (χ3n) is 5.05. The summed E-state index contributed by atoms with van der Waals surface area (Å²) in [5.41, 5.74) is 0.858. The summed E-state index contributed by atoms with van der Waals surface area (Å²) in [6.45, 7) is 6.03. The topological polar surface area (TPSA) is 114 Å². The molecule has 0 saturated carbocycles. The van der Waals surface area contributed by atoms with Gasteiger partial charge in [-0.3, -0.25) is 19.3 Å². The van der Waals surface area contributed by atoms with Crippen LogP contribution in [0.4, 0.5) is 4.79 Å². The van der Waals surface area contributed by atoms with Crippen LogP contribution in [0.5, 0.6) is 0 Å². The van der Waals surface area contributed by atoms with E-state index in [1.165, 1.54) is 4.90 Å². The number of ether oxygens (including phenoxy) is 2. The zero-order valence-electron chi connectivity index (χ0n) is 19.0. The number of amides is 3. The number of rotatable bonds is 10. The van der Waals surface area contributed by atoms with E-state index in [-0.39, 0.29) is 25.7 Å². The maximum absolute atomic E-state index is 12.9. The van der Waals surface area contributed by atoms with Crippen molar-refractivity contribution in [3.63, 3.8) is 0 Å². The van der Waals surface area contributed by atoms with Gasteiger partial charge in [-0.25, -0.2) is 4.79 Å². The lowest BCUT2D eigenvalue weighted by Gasteiger charge is -2.26. The molecule has 3 amide bonds. The van der Waals surface area contributed by atoms with Crippen LogP contribution in [0.2, 0.25) is 0 Å². The lowest BCUT2D eigenvalue weighted by Crippen LogP contribution is -2.54. The molecule has 0 spiro atoms. The molecule has 1 heterocycles. The van der Waals surface area contributed by atoms with Crippen LogP contribution in [0.15, 0.2) is 30.3 Å². The molecule has 9 nitrogen and oxygen atoms in total. The summed E-state index contributed by atoms with van der Waals surface area (Å²) in [7, 11) is 0. The van der Waals surface area contributed by atoms with Crippen LogP contribution >= 0.6 is 0 Å². The van der Waals surface area contributed by atoms with Gasteiger partial charge in [-0.1, -0.05) is 44.2 Å². The van der Waals surface area contributed by atoms with Crippen molar-refractivity contribution in [3.8, 4) is 0 Å². The molecule has 2 N–H and O–H groups in total. The van der Waals surface area contributed by atoms with Crippen molar-refractivity contribution in [2.75, 3.05) is 19.7 Å². The third kappa shape index (κ3) is 7.86. The normalized spacial score (nSPS) is 16.4. The highest BCUT2D eigenvalue weighted by molar-refractivity contribution is 5.92. The fourth-order valence-corrected chi connectivity index (χ4v) is 3.53. The van der Waals surface area contributed by atoms with Gasteiger partial charge in [0.05, 0.1) is 6.61 Å². The molecule has 1 aromatic rings. The van der Waals surface area contributed by atoms with Crippen molar-refractivity contribution in [1.29, 1.82) is 0 Å². The summed E-state index contributed by atoms with van der Waals surface area (Å²) < 4.78 is 10.2. The van der Waals surface area contributed by atoms with Gasteiger partial charge in [0.2, 0.25) is 11.8 Å². The minimum absolute atomic E-state index is 0.122. The van der Waals surface area contributed by atoms with Crippen molar-refractivity contribution < 1.29 is 28.7 Å². The minimum atomic E-state index is -0.820. The van der Waals surface area contributed by atoms with E-state index in [1.807, 2.05) is 44.2 Å². The second-order valence-electron chi connectivity index (χ2n) is 8.11. The smallest absolute Gasteiger partial charge is 0.410 e. The average molecular weight is 448 g/mol. The van der Waals surface area contributed by atoms with Gasteiger partial charge in [0.25, 0.3) is 0 Å². The first-order valence-electron chi connectivity index (χ1n) is 11.0. The Kier molecular flexibility index (Phi) is 9.97. The molecule has 0 bridgehead atoms. The Labute approximate surface area is 188 Å². The fraction of sp³-hybridized carbons (Fsp3) is 0.565. The number of hydrogen-bond acceptors (Lipinski definition) is 6. The number of likely N-dealkylation sites (tertiary alicyclic amines) is 1. The molecular formula is C23H33N3O6. The van der Waals surface area contributed by atoms with Crippen LogP contribution in [0.1, 0.15) is 45.6 Å². The Hall–Kier alpha value is -3.10. The quantitative estimate of drug-likeness (QED) is 0.530. The third-order valence-corrected chi connectivity index (χ3v) is 5.05. The molecule has 0 unspecified atom stereocenters. The summed E-state index contributed by atoms with van der Waals surface area (Å²) in [4.78, 5) is 51.0. The summed E-state index contributed by atoms with van der Waals surface area (Å²) in [6.07, 6.45) is 0.998. The zero-order valence-corrected chi connectivity index (χ0v) is 19.0. The molecule has 0 radical (unpaired) electrons. The first-order valence-corrected chi connectivity index (χ1v) is 11.0. The summed E-state index contributed by atoms with van der Waals surface area (Å²) in [5, 5.41) is 5.26. The second-order valence-corrected chi connectivity index (χ2v) is 8.11. The predicted octanol–water partition coefficient (Wildman–Crippen LogP) is 2.00. The minimum Gasteiger partial charge on any atom is -0.465 e. The van der Waals surface area contributed by atoms with Crippen LogP contribution in [0.25, 0.3) is 0 Å². The van der Waals surface area contributed by atoms with E-state index >= 15 is 0 Å². The maximum Gasteiger partial charge on any atom is 0.410 e. The molecule has 176 valence electrons. The van der Waals surface area contributed by atoms with Crippen molar-refractivity contribution in [2.45, 2.75) is 58.7 Å². The fourth-order valence-electron chi connectivity index (χ4n) is 3.53. The van der Waals surface area contributed by atoms with Crippen LogP contribution in [0, 0.1) is 5.92 Å². The molecular weight excluding hydrogens is 414 g/mol. The Morgan fingerprint density at radius 2 is 1.84 bits per heavy atom. The van der Waals surface area contributed by atoms with E-state index < -0.39 is 36.0 Å². The highest BCUT2D eigenvalue weighted by atomic mass is 16.6. The number of esters is 1. The Bertz CT molecular complexity index is 783. The van der Waals surface area contributed by atoms with Crippen molar-refractivity contribution in [3.05, 3.63) is 35.9 Å². The summed E-state index contributed by atoms with van der Waals surface area (Å²) >= 11 is 0. The van der Waals surface area contributed by atoms with Crippen LogP contribution in [0.3, 0.4) is 0 Å². The first kappa shape index (κ1) is 25.2. The van der Waals surface area contributed by atoms with Crippen molar-refractivity contribution in [2.24, 2.45) is 5.92 Å². The number of carbonyl (C=O) groups excluding carboxylic acids is 4. The second kappa shape index (κ2) is 12.7. The van der Waals surface area contributed by atoms with E-state index in [0.29, 0.717) is 25.8 Å². The highest BCUT2D eigenvalue weighted by Gasteiger charge is 2.37. The Balaban J connectivity index is 1.95. The molecule has 1 aliphatic heterocycles. The van der Waals surface area contributed by atoms with E-state index in [2.05, 4.69) is 10.6 Å². The van der Waals surface area contributed by atoms with Gasteiger partial charge in [-0.05, 0) is 37.7 Å². The highest BCUT2D eigenvalue weighted by Crippen LogP contribution is 2.20. The number of benzene rings is 1. The number of hydrogen-bond donors (Lipinski definition) is 2. The number of nitrogens with zero attached hydrogens (tertiary/aromatic N) is 1. The SMILES string of the molecule is CCOC(=O)CNC(=O)[C@H](CC(C)C)NC(=O)[C@@H]1CCCN1C(=O)OCc1ccccc1. The summed E-state index contributed by atoms with van der Waals surface area (Å²) in [6, 6.07) is 7.78. The molecule has 2 atom stereocenters. The van der Waals surface area contributed by atoms with E-state index in [1.54, 1.807) is 6.92 Å². The van der Waals surface area contributed by atoms with Gasteiger partial charge in [0.15, 0.2) is 0 Å². The molecule has 0 aromatic heterocycles. The lowest BCUT2D eigenvalue weighted by atomic mass is 10.0. The van der Waals surface area contributed by atoms with E-state index in [0.717, 1.165) is 5.56 Å². The first-order chi connectivity index (χ1) is 15.3.